The smallest absolute Gasteiger partial charge is 0.273 e. The lowest BCUT2D eigenvalue weighted by Gasteiger charge is -2.22. The lowest BCUT2D eigenvalue weighted by molar-refractivity contribution is 0.238. The molecule has 15 heavy (non-hydrogen) atoms. The van der Waals surface area contributed by atoms with E-state index in [4.69, 9.17) is 4.74 Å². The number of aryl methyl sites for hydroxylation is 1. The third-order valence-electron chi connectivity index (χ3n) is 2.71. The molecule has 1 atom stereocenters. The monoisotopic (exact) mass is 226 g/mol. The second kappa shape index (κ2) is 5.47. The van der Waals surface area contributed by atoms with E-state index in [0.29, 0.717) is 6.04 Å². The zero-order valence-corrected chi connectivity index (χ0v) is 9.98. The molecule has 0 spiro atoms. The van der Waals surface area contributed by atoms with Gasteiger partial charge in [-0.1, -0.05) is 24.7 Å². The van der Waals surface area contributed by atoms with Crippen LogP contribution in [0.5, 0.6) is 5.19 Å². The Morgan fingerprint density at radius 3 is 3.20 bits per heavy atom. The number of nitrogens with zero attached hydrogens (tertiary/aromatic N) is 1. The molecule has 1 aliphatic rings. The summed E-state index contributed by atoms with van der Waals surface area (Å²) < 4.78 is 5.67. The first-order chi connectivity index (χ1) is 7.38. The maximum absolute atomic E-state index is 5.67. The molecule has 1 aliphatic heterocycles. The first-order valence-corrected chi connectivity index (χ1v) is 6.57. The maximum atomic E-state index is 5.67. The van der Waals surface area contributed by atoms with E-state index in [1.807, 2.05) is 0 Å². The molecule has 0 aliphatic carbocycles. The predicted molar refractivity (Wildman–Crippen MR) is 62.6 cm³/mol. The quantitative estimate of drug-likeness (QED) is 0.855. The van der Waals surface area contributed by atoms with E-state index in [2.05, 4.69) is 22.6 Å². The number of nitrogens with one attached hydrogen (secondary N) is 1. The van der Waals surface area contributed by atoms with Gasteiger partial charge in [-0.3, -0.25) is 0 Å². The molecule has 0 bridgehead atoms. The van der Waals surface area contributed by atoms with Gasteiger partial charge in [0.15, 0.2) is 0 Å². The highest BCUT2D eigenvalue weighted by molar-refractivity contribution is 7.11. The van der Waals surface area contributed by atoms with Crippen LogP contribution in [0.3, 0.4) is 0 Å². The SMILES string of the molecule is CCc1csc(OCC2CCCCN2)n1. The molecular formula is C11H18N2OS. The molecule has 1 aromatic heterocycles. The maximum Gasteiger partial charge on any atom is 0.273 e. The minimum absolute atomic E-state index is 0.521. The number of rotatable bonds is 4. The van der Waals surface area contributed by atoms with Crippen LogP contribution < -0.4 is 10.1 Å². The number of ether oxygens (including phenoxy) is 1. The molecule has 4 heteroatoms. The molecule has 0 radical (unpaired) electrons. The van der Waals surface area contributed by atoms with Crippen LogP contribution in [0.15, 0.2) is 5.38 Å². The van der Waals surface area contributed by atoms with Crippen molar-refractivity contribution in [3.05, 3.63) is 11.1 Å². The summed E-state index contributed by atoms with van der Waals surface area (Å²) in [5.74, 6) is 0. The van der Waals surface area contributed by atoms with Gasteiger partial charge in [0.25, 0.3) is 5.19 Å². The van der Waals surface area contributed by atoms with E-state index in [-0.39, 0.29) is 0 Å². The highest BCUT2D eigenvalue weighted by Gasteiger charge is 2.13. The Labute approximate surface area is 94.9 Å². The van der Waals surface area contributed by atoms with Crippen LogP contribution >= 0.6 is 11.3 Å². The Morgan fingerprint density at radius 1 is 1.60 bits per heavy atom. The molecule has 0 aromatic carbocycles. The third-order valence-corrected chi connectivity index (χ3v) is 3.51. The van der Waals surface area contributed by atoms with Gasteiger partial charge in [0.2, 0.25) is 0 Å². The van der Waals surface area contributed by atoms with Crippen LogP contribution in [0.2, 0.25) is 0 Å². The average molecular weight is 226 g/mol. The molecule has 1 aromatic rings. The second-order valence-electron chi connectivity index (χ2n) is 3.92. The van der Waals surface area contributed by atoms with Gasteiger partial charge in [0.1, 0.15) is 6.61 Å². The van der Waals surface area contributed by atoms with Gasteiger partial charge < -0.3 is 10.1 Å². The van der Waals surface area contributed by atoms with Crippen LogP contribution in [0.1, 0.15) is 31.9 Å². The number of piperidine rings is 1. The minimum Gasteiger partial charge on any atom is -0.468 e. The fourth-order valence-corrected chi connectivity index (χ4v) is 2.52. The molecule has 0 saturated carbocycles. The van der Waals surface area contributed by atoms with Crippen molar-refractivity contribution >= 4 is 11.3 Å². The largest absolute Gasteiger partial charge is 0.468 e. The average Bonchev–Trinajstić information content (AvgIpc) is 2.76. The summed E-state index contributed by atoms with van der Waals surface area (Å²) in [5.41, 5.74) is 1.13. The Hall–Kier alpha value is -0.610. The first kappa shape index (κ1) is 10.9. The summed E-state index contributed by atoms with van der Waals surface area (Å²) in [6.45, 7) is 4.00. The fourth-order valence-electron chi connectivity index (χ4n) is 1.76. The number of aromatic nitrogens is 1. The number of hydrogen-bond donors (Lipinski definition) is 1. The van der Waals surface area contributed by atoms with E-state index in [1.54, 1.807) is 11.3 Å². The van der Waals surface area contributed by atoms with Gasteiger partial charge in [0, 0.05) is 11.4 Å². The standard InChI is InChI=1S/C11H18N2OS/c1-2-9-8-15-11(13-9)14-7-10-5-3-4-6-12-10/h8,10,12H,2-7H2,1H3. The fraction of sp³-hybridized carbons (Fsp3) is 0.727. The molecule has 1 saturated heterocycles. The minimum atomic E-state index is 0.521. The van der Waals surface area contributed by atoms with Crippen molar-refractivity contribution in [1.82, 2.24) is 10.3 Å². The van der Waals surface area contributed by atoms with Crippen LogP contribution in [0.25, 0.3) is 0 Å². The summed E-state index contributed by atoms with van der Waals surface area (Å²) in [6.07, 6.45) is 4.83. The molecule has 3 nitrogen and oxygen atoms in total. The Kier molecular flexibility index (Phi) is 3.97. The lowest BCUT2D eigenvalue weighted by Crippen LogP contribution is -2.38. The van der Waals surface area contributed by atoms with E-state index < -0.39 is 0 Å². The molecule has 1 unspecified atom stereocenters. The van der Waals surface area contributed by atoms with Gasteiger partial charge in [-0.05, 0) is 25.8 Å². The number of thiazole rings is 1. The summed E-state index contributed by atoms with van der Waals surface area (Å²) >= 11 is 1.60. The van der Waals surface area contributed by atoms with Gasteiger partial charge in [0.05, 0.1) is 5.69 Å². The zero-order valence-electron chi connectivity index (χ0n) is 9.16. The molecular weight excluding hydrogens is 208 g/mol. The molecule has 1 fully saturated rings. The highest BCUT2D eigenvalue weighted by Crippen LogP contribution is 2.19. The van der Waals surface area contributed by atoms with Crippen molar-refractivity contribution in [2.75, 3.05) is 13.2 Å². The van der Waals surface area contributed by atoms with E-state index in [9.17, 15) is 0 Å². The Balaban J connectivity index is 1.76. The first-order valence-electron chi connectivity index (χ1n) is 5.69. The molecule has 84 valence electrons. The van der Waals surface area contributed by atoms with Crippen molar-refractivity contribution in [2.45, 2.75) is 38.6 Å². The van der Waals surface area contributed by atoms with E-state index in [1.165, 1.54) is 19.3 Å². The Bertz CT molecular complexity index is 295. The van der Waals surface area contributed by atoms with Crippen LogP contribution in [0, 0.1) is 0 Å². The van der Waals surface area contributed by atoms with Crippen molar-refractivity contribution in [1.29, 1.82) is 0 Å². The molecule has 0 amide bonds. The highest BCUT2D eigenvalue weighted by atomic mass is 32.1. The van der Waals surface area contributed by atoms with Gasteiger partial charge in [-0.25, -0.2) is 4.98 Å². The van der Waals surface area contributed by atoms with Crippen molar-refractivity contribution in [2.24, 2.45) is 0 Å². The zero-order chi connectivity index (χ0) is 10.5. The molecule has 2 heterocycles. The second-order valence-corrected chi connectivity index (χ2v) is 4.74. The van der Waals surface area contributed by atoms with Crippen molar-refractivity contribution in [3.8, 4) is 5.19 Å². The normalized spacial score (nSPS) is 21.5. The molecule has 2 rings (SSSR count). The van der Waals surface area contributed by atoms with Gasteiger partial charge in [-0.2, -0.15) is 0 Å². The topological polar surface area (TPSA) is 34.1 Å². The summed E-state index contributed by atoms with van der Waals surface area (Å²) in [4.78, 5) is 4.38. The van der Waals surface area contributed by atoms with Crippen LogP contribution in [-0.4, -0.2) is 24.2 Å². The summed E-state index contributed by atoms with van der Waals surface area (Å²) in [6, 6.07) is 0.521. The van der Waals surface area contributed by atoms with E-state index in [0.717, 1.165) is 30.5 Å². The van der Waals surface area contributed by atoms with Gasteiger partial charge in [-0.15, -0.1) is 0 Å². The van der Waals surface area contributed by atoms with Crippen molar-refractivity contribution in [3.63, 3.8) is 0 Å². The van der Waals surface area contributed by atoms with E-state index >= 15 is 0 Å². The molecule has 1 N–H and O–H groups in total. The summed E-state index contributed by atoms with van der Waals surface area (Å²) in [7, 11) is 0. The predicted octanol–water partition coefficient (Wildman–Crippen LogP) is 2.23. The number of hydrogen-bond acceptors (Lipinski definition) is 4. The van der Waals surface area contributed by atoms with Crippen LogP contribution in [-0.2, 0) is 6.42 Å². The summed E-state index contributed by atoms with van der Waals surface area (Å²) in [5, 5.41) is 6.35. The lowest BCUT2D eigenvalue weighted by atomic mass is 10.1. The van der Waals surface area contributed by atoms with Crippen LogP contribution in [0.4, 0.5) is 0 Å². The van der Waals surface area contributed by atoms with Gasteiger partial charge >= 0.3 is 0 Å². The third kappa shape index (κ3) is 3.18. The van der Waals surface area contributed by atoms with Crippen molar-refractivity contribution < 1.29 is 4.74 Å². The Morgan fingerprint density at radius 2 is 2.53 bits per heavy atom.